The topological polar surface area (TPSA) is 29.0 Å². The molecule has 0 aliphatic carbocycles. The first-order valence-electron chi connectivity index (χ1n) is 5.10. The Bertz CT molecular complexity index is 367. The zero-order valence-corrected chi connectivity index (χ0v) is 9.64. The highest BCUT2D eigenvalue weighted by Crippen LogP contribution is 2.30. The minimum absolute atomic E-state index is 0.131. The highest BCUT2D eigenvalue weighted by molar-refractivity contribution is 6.29. The van der Waals surface area contributed by atoms with Gasteiger partial charge in [0.15, 0.2) is 0 Å². The van der Waals surface area contributed by atoms with E-state index in [-0.39, 0.29) is 12.8 Å². The molecular formula is C10H12ClF2N3. The van der Waals surface area contributed by atoms with E-state index < -0.39 is 5.92 Å². The molecule has 1 fully saturated rings. The van der Waals surface area contributed by atoms with Gasteiger partial charge in [-0.15, -0.1) is 0 Å². The summed E-state index contributed by atoms with van der Waals surface area (Å²) in [5.74, 6) is -1.35. The SMILES string of the molecule is Cc1nc(Cl)cc(N2CCC(F)(F)CC2)n1. The molecule has 0 saturated carbocycles. The van der Waals surface area contributed by atoms with Gasteiger partial charge in [0, 0.05) is 32.0 Å². The summed E-state index contributed by atoms with van der Waals surface area (Å²) in [5, 5.41) is 0.347. The van der Waals surface area contributed by atoms with E-state index in [0.29, 0.717) is 29.9 Å². The predicted molar refractivity (Wildman–Crippen MR) is 58.2 cm³/mol. The van der Waals surface area contributed by atoms with Crippen LogP contribution in [0.15, 0.2) is 6.07 Å². The summed E-state index contributed by atoms with van der Waals surface area (Å²) in [6, 6.07) is 1.61. The van der Waals surface area contributed by atoms with Crippen LogP contribution in [0.2, 0.25) is 5.15 Å². The van der Waals surface area contributed by atoms with Gasteiger partial charge in [0.1, 0.15) is 16.8 Å². The van der Waals surface area contributed by atoms with Crippen LogP contribution in [0.5, 0.6) is 0 Å². The first-order valence-corrected chi connectivity index (χ1v) is 5.48. The second-order valence-electron chi connectivity index (χ2n) is 3.94. The number of aryl methyl sites for hydroxylation is 1. The van der Waals surface area contributed by atoms with Crippen molar-refractivity contribution in [2.45, 2.75) is 25.7 Å². The molecular weight excluding hydrogens is 236 g/mol. The van der Waals surface area contributed by atoms with Gasteiger partial charge in [-0.2, -0.15) is 0 Å². The van der Waals surface area contributed by atoms with Gasteiger partial charge in [0.2, 0.25) is 0 Å². The number of anilines is 1. The van der Waals surface area contributed by atoms with Gasteiger partial charge >= 0.3 is 0 Å². The Balaban J connectivity index is 2.14. The van der Waals surface area contributed by atoms with E-state index in [1.165, 1.54) is 0 Å². The maximum atomic E-state index is 13.0. The van der Waals surface area contributed by atoms with E-state index in [9.17, 15) is 8.78 Å². The molecule has 0 unspecified atom stereocenters. The molecule has 3 nitrogen and oxygen atoms in total. The Kier molecular flexibility index (Phi) is 2.97. The zero-order chi connectivity index (χ0) is 11.8. The quantitative estimate of drug-likeness (QED) is 0.715. The van der Waals surface area contributed by atoms with E-state index in [2.05, 4.69) is 9.97 Å². The summed E-state index contributed by atoms with van der Waals surface area (Å²) in [7, 11) is 0. The van der Waals surface area contributed by atoms with Crippen molar-refractivity contribution in [1.29, 1.82) is 0 Å². The summed E-state index contributed by atoms with van der Waals surface area (Å²) >= 11 is 5.80. The van der Waals surface area contributed by atoms with Crippen LogP contribution < -0.4 is 4.90 Å². The third kappa shape index (κ3) is 2.58. The Morgan fingerprint density at radius 2 is 1.94 bits per heavy atom. The number of alkyl halides is 2. The first kappa shape index (κ1) is 11.5. The van der Waals surface area contributed by atoms with Gasteiger partial charge < -0.3 is 4.90 Å². The van der Waals surface area contributed by atoms with Crippen molar-refractivity contribution in [1.82, 2.24) is 9.97 Å². The number of hydrogen-bond donors (Lipinski definition) is 0. The Morgan fingerprint density at radius 1 is 1.31 bits per heavy atom. The lowest BCUT2D eigenvalue weighted by Crippen LogP contribution is -2.39. The van der Waals surface area contributed by atoms with Crippen molar-refractivity contribution >= 4 is 17.4 Å². The highest BCUT2D eigenvalue weighted by Gasteiger charge is 2.34. The predicted octanol–water partition coefficient (Wildman–Crippen LogP) is 2.67. The number of halogens is 3. The molecule has 2 rings (SSSR count). The summed E-state index contributed by atoms with van der Waals surface area (Å²) in [6.07, 6.45) is -0.263. The molecule has 16 heavy (non-hydrogen) atoms. The Labute approximate surface area is 97.4 Å². The van der Waals surface area contributed by atoms with Gasteiger partial charge in [-0.05, 0) is 6.92 Å². The molecule has 0 spiro atoms. The van der Waals surface area contributed by atoms with Crippen molar-refractivity contribution in [3.05, 3.63) is 17.0 Å². The van der Waals surface area contributed by atoms with Crippen molar-refractivity contribution < 1.29 is 8.78 Å². The number of piperidine rings is 1. The molecule has 0 atom stereocenters. The molecule has 6 heteroatoms. The molecule has 0 N–H and O–H groups in total. The van der Waals surface area contributed by atoms with Crippen molar-refractivity contribution in [3.63, 3.8) is 0 Å². The third-order valence-electron chi connectivity index (χ3n) is 2.61. The van der Waals surface area contributed by atoms with Crippen LogP contribution in [0.1, 0.15) is 18.7 Å². The molecule has 1 aliphatic rings. The van der Waals surface area contributed by atoms with Crippen molar-refractivity contribution in [2.75, 3.05) is 18.0 Å². The lowest BCUT2D eigenvalue weighted by molar-refractivity contribution is -0.0221. The number of hydrogen-bond acceptors (Lipinski definition) is 3. The van der Waals surface area contributed by atoms with Crippen LogP contribution in [-0.2, 0) is 0 Å². The molecule has 0 bridgehead atoms. The molecule has 1 aromatic rings. The molecule has 0 aromatic carbocycles. The van der Waals surface area contributed by atoms with Crippen molar-refractivity contribution in [2.24, 2.45) is 0 Å². The van der Waals surface area contributed by atoms with Crippen LogP contribution in [0.25, 0.3) is 0 Å². The van der Waals surface area contributed by atoms with Gasteiger partial charge in [-0.1, -0.05) is 11.6 Å². The molecule has 1 saturated heterocycles. The van der Waals surface area contributed by atoms with E-state index in [1.54, 1.807) is 13.0 Å². The van der Waals surface area contributed by atoms with Gasteiger partial charge in [0.25, 0.3) is 5.92 Å². The summed E-state index contributed by atoms with van der Waals surface area (Å²) in [6.45, 7) is 2.34. The standard InChI is InChI=1S/C10H12ClF2N3/c1-7-14-8(11)6-9(15-7)16-4-2-10(12,13)3-5-16/h6H,2-5H2,1H3. The van der Waals surface area contributed by atoms with E-state index >= 15 is 0 Å². The molecule has 1 aliphatic heterocycles. The molecule has 0 amide bonds. The minimum atomic E-state index is -2.54. The average Bonchev–Trinajstić information content (AvgIpc) is 2.15. The number of aromatic nitrogens is 2. The smallest absolute Gasteiger partial charge is 0.251 e. The van der Waals surface area contributed by atoms with E-state index in [0.717, 1.165) is 0 Å². The van der Waals surface area contributed by atoms with Crippen LogP contribution in [0.4, 0.5) is 14.6 Å². The van der Waals surface area contributed by atoms with Crippen molar-refractivity contribution in [3.8, 4) is 0 Å². The first-order chi connectivity index (χ1) is 7.46. The fourth-order valence-corrected chi connectivity index (χ4v) is 1.96. The monoisotopic (exact) mass is 247 g/mol. The lowest BCUT2D eigenvalue weighted by Gasteiger charge is -2.32. The maximum Gasteiger partial charge on any atom is 0.251 e. The van der Waals surface area contributed by atoms with Gasteiger partial charge in [0.05, 0.1) is 0 Å². The fourth-order valence-electron chi connectivity index (χ4n) is 1.74. The highest BCUT2D eigenvalue weighted by atomic mass is 35.5. The molecule has 0 radical (unpaired) electrons. The van der Waals surface area contributed by atoms with Gasteiger partial charge in [-0.3, -0.25) is 0 Å². The Hall–Kier alpha value is -0.970. The molecule has 1 aromatic heterocycles. The third-order valence-corrected chi connectivity index (χ3v) is 2.81. The van der Waals surface area contributed by atoms with Crippen LogP contribution in [-0.4, -0.2) is 29.0 Å². The number of nitrogens with zero attached hydrogens (tertiary/aromatic N) is 3. The van der Waals surface area contributed by atoms with E-state index in [4.69, 9.17) is 11.6 Å². The fraction of sp³-hybridized carbons (Fsp3) is 0.600. The molecule has 88 valence electrons. The second-order valence-corrected chi connectivity index (χ2v) is 4.33. The summed E-state index contributed by atoms with van der Waals surface area (Å²) in [5.41, 5.74) is 0. The van der Waals surface area contributed by atoms with Crippen LogP contribution >= 0.6 is 11.6 Å². The number of rotatable bonds is 1. The largest absolute Gasteiger partial charge is 0.356 e. The summed E-state index contributed by atoms with van der Waals surface area (Å²) in [4.78, 5) is 9.95. The van der Waals surface area contributed by atoms with Gasteiger partial charge in [-0.25, -0.2) is 18.7 Å². The average molecular weight is 248 g/mol. The second kappa shape index (κ2) is 4.13. The lowest BCUT2D eigenvalue weighted by atomic mass is 10.1. The zero-order valence-electron chi connectivity index (χ0n) is 8.88. The van der Waals surface area contributed by atoms with Crippen LogP contribution in [0.3, 0.4) is 0 Å². The summed E-state index contributed by atoms with van der Waals surface area (Å²) < 4.78 is 25.9. The maximum absolute atomic E-state index is 13.0. The van der Waals surface area contributed by atoms with Crippen LogP contribution in [0, 0.1) is 6.92 Å². The minimum Gasteiger partial charge on any atom is -0.356 e. The Morgan fingerprint density at radius 3 is 2.50 bits per heavy atom. The molecule has 2 heterocycles. The van der Waals surface area contributed by atoms with E-state index in [1.807, 2.05) is 4.90 Å². The normalized spacial score (nSPS) is 19.9.